The van der Waals surface area contributed by atoms with Crippen molar-refractivity contribution in [2.45, 2.75) is 25.8 Å². The van der Waals surface area contributed by atoms with E-state index in [0.29, 0.717) is 25.7 Å². The molecule has 0 radical (unpaired) electrons. The van der Waals surface area contributed by atoms with Gasteiger partial charge in [0.05, 0.1) is 6.54 Å². The van der Waals surface area contributed by atoms with E-state index >= 15 is 0 Å². The normalized spacial score (nSPS) is 14.9. The predicted molar refractivity (Wildman–Crippen MR) is 52.7 cm³/mol. The summed E-state index contributed by atoms with van der Waals surface area (Å²) in [5.41, 5.74) is 0. The predicted octanol–water partition coefficient (Wildman–Crippen LogP) is -1.01. The Morgan fingerprint density at radius 3 is 2.43 bits per heavy atom. The summed E-state index contributed by atoms with van der Waals surface area (Å²) >= 11 is 0. The summed E-state index contributed by atoms with van der Waals surface area (Å²) in [5.74, 6) is -0.0855. The van der Waals surface area contributed by atoms with Crippen LogP contribution < -0.4 is 16.0 Å². The van der Waals surface area contributed by atoms with Crippen LogP contribution in [0.4, 0.5) is 0 Å². The summed E-state index contributed by atoms with van der Waals surface area (Å²) in [6.45, 7) is 2.82. The SMILES string of the molecule is CC(=O)NCCNC(=O)CNC1CC1. The van der Waals surface area contributed by atoms with Crippen LogP contribution in [0.15, 0.2) is 0 Å². The van der Waals surface area contributed by atoms with Gasteiger partial charge in [0.1, 0.15) is 0 Å². The smallest absolute Gasteiger partial charge is 0.234 e. The summed E-state index contributed by atoms with van der Waals surface area (Å²) in [4.78, 5) is 21.6. The van der Waals surface area contributed by atoms with Crippen molar-refractivity contribution in [3.05, 3.63) is 0 Å². The minimum atomic E-state index is -0.0737. The molecule has 0 bridgehead atoms. The third-order valence-corrected chi connectivity index (χ3v) is 1.95. The summed E-state index contributed by atoms with van der Waals surface area (Å²) in [6.07, 6.45) is 2.36. The Bertz CT molecular complexity index is 214. The molecule has 0 spiro atoms. The molecule has 0 atom stereocenters. The van der Waals surface area contributed by atoms with E-state index in [1.165, 1.54) is 19.8 Å². The quantitative estimate of drug-likeness (QED) is 0.480. The fraction of sp³-hybridized carbons (Fsp3) is 0.778. The first-order valence-electron chi connectivity index (χ1n) is 4.93. The molecule has 1 aliphatic carbocycles. The average Bonchev–Trinajstić information content (AvgIpc) is 2.92. The molecule has 3 N–H and O–H groups in total. The van der Waals surface area contributed by atoms with Gasteiger partial charge >= 0.3 is 0 Å². The molecule has 2 amide bonds. The lowest BCUT2D eigenvalue weighted by molar-refractivity contribution is -0.121. The van der Waals surface area contributed by atoms with Crippen LogP contribution in [0.3, 0.4) is 0 Å². The molecule has 5 heteroatoms. The third-order valence-electron chi connectivity index (χ3n) is 1.95. The Morgan fingerprint density at radius 2 is 1.86 bits per heavy atom. The number of rotatable bonds is 6. The van der Waals surface area contributed by atoms with Crippen LogP contribution in [-0.4, -0.2) is 37.5 Å². The highest BCUT2D eigenvalue weighted by atomic mass is 16.2. The van der Waals surface area contributed by atoms with Crippen molar-refractivity contribution >= 4 is 11.8 Å². The van der Waals surface area contributed by atoms with Crippen molar-refractivity contribution in [3.63, 3.8) is 0 Å². The number of nitrogens with one attached hydrogen (secondary N) is 3. The zero-order valence-electron chi connectivity index (χ0n) is 8.43. The molecule has 1 rings (SSSR count). The number of hydrogen-bond donors (Lipinski definition) is 3. The standard InChI is InChI=1S/C9H17N3O2/c1-7(13)10-4-5-11-9(14)6-12-8-2-3-8/h8,12H,2-6H2,1H3,(H,10,13)(H,11,14). The Hall–Kier alpha value is -1.10. The topological polar surface area (TPSA) is 70.2 Å². The first-order valence-corrected chi connectivity index (χ1v) is 4.93. The van der Waals surface area contributed by atoms with Crippen LogP contribution in [0, 0.1) is 0 Å². The zero-order valence-corrected chi connectivity index (χ0v) is 8.43. The van der Waals surface area contributed by atoms with Gasteiger partial charge in [-0.2, -0.15) is 0 Å². The Balaban J connectivity index is 1.88. The van der Waals surface area contributed by atoms with E-state index in [4.69, 9.17) is 0 Å². The lowest BCUT2D eigenvalue weighted by Crippen LogP contribution is -2.38. The van der Waals surface area contributed by atoms with Crippen LogP contribution >= 0.6 is 0 Å². The van der Waals surface area contributed by atoms with Crippen molar-refractivity contribution in [3.8, 4) is 0 Å². The second-order valence-electron chi connectivity index (χ2n) is 3.49. The average molecular weight is 199 g/mol. The van der Waals surface area contributed by atoms with Crippen molar-refractivity contribution in [1.82, 2.24) is 16.0 Å². The van der Waals surface area contributed by atoms with Gasteiger partial charge < -0.3 is 16.0 Å². The minimum absolute atomic E-state index is 0.0118. The molecule has 0 unspecified atom stereocenters. The van der Waals surface area contributed by atoms with Crippen LogP contribution in [0.25, 0.3) is 0 Å². The second-order valence-corrected chi connectivity index (χ2v) is 3.49. The van der Waals surface area contributed by atoms with Crippen LogP contribution in [0.1, 0.15) is 19.8 Å². The van der Waals surface area contributed by atoms with Gasteiger partial charge in [-0.15, -0.1) is 0 Å². The maximum Gasteiger partial charge on any atom is 0.234 e. The van der Waals surface area contributed by atoms with E-state index in [0.717, 1.165) is 0 Å². The molecule has 0 aromatic heterocycles. The second kappa shape index (κ2) is 5.59. The third kappa shape index (κ3) is 5.53. The molecule has 1 fully saturated rings. The molecular formula is C9H17N3O2. The molecule has 0 heterocycles. The maximum atomic E-state index is 11.1. The summed E-state index contributed by atoms with van der Waals surface area (Å²) in [7, 11) is 0. The van der Waals surface area contributed by atoms with Gasteiger partial charge in [-0.25, -0.2) is 0 Å². The van der Waals surface area contributed by atoms with Crippen LogP contribution in [-0.2, 0) is 9.59 Å². The zero-order chi connectivity index (χ0) is 10.4. The lowest BCUT2D eigenvalue weighted by Gasteiger charge is -2.05. The number of carbonyl (C=O) groups is 2. The van der Waals surface area contributed by atoms with Gasteiger partial charge in [-0.05, 0) is 12.8 Å². The van der Waals surface area contributed by atoms with Crippen molar-refractivity contribution < 1.29 is 9.59 Å². The fourth-order valence-corrected chi connectivity index (χ4v) is 1.03. The fourth-order valence-electron chi connectivity index (χ4n) is 1.03. The first kappa shape index (κ1) is 11.0. The molecule has 14 heavy (non-hydrogen) atoms. The monoisotopic (exact) mass is 199 g/mol. The van der Waals surface area contributed by atoms with E-state index in [9.17, 15) is 9.59 Å². The molecule has 1 saturated carbocycles. The molecule has 0 saturated heterocycles. The summed E-state index contributed by atoms with van der Waals surface area (Å²) in [5, 5.41) is 8.42. The molecule has 0 aromatic carbocycles. The molecule has 1 aliphatic rings. The molecule has 80 valence electrons. The highest BCUT2D eigenvalue weighted by Gasteiger charge is 2.20. The van der Waals surface area contributed by atoms with Crippen molar-refractivity contribution in [1.29, 1.82) is 0 Å². The maximum absolute atomic E-state index is 11.1. The van der Waals surface area contributed by atoms with Gasteiger partial charge in [0.15, 0.2) is 0 Å². The van der Waals surface area contributed by atoms with Gasteiger partial charge in [-0.3, -0.25) is 9.59 Å². The van der Waals surface area contributed by atoms with Crippen LogP contribution in [0.5, 0.6) is 0 Å². The van der Waals surface area contributed by atoms with Gasteiger partial charge in [-0.1, -0.05) is 0 Å². The number of amides is 2. The van der Waals surface area contributed by atoms with Gasteiger partial charge in [0.2, 0.25) is 11.8 Å². The van der Waals surface area contributed by atoms with E-state index in [2.05, 4.69) is 16.0 Å². The molecule has 5 nitrogen and oxygen atoms in total. The van der Waals surface area contributed by atoms with Crippen LogP contribution in [0.2, 0.25) is 0 Å². The Kier molecular flexibility index (Phi) is 4.39. The van der Waals surface area contributed by atoms with Gasteiger partial charge in [0, 0.05) is 26.1 Å². The Morgan fingerprint density at radius 1 is 1.21 bits per heavy atom. The molecule has 0 aromatic rings. The van der Waals surface area contributed by atoms with Crippen molar-refractivity contribution in [2.75, 3.05) is 19.6 Å². The lowest BCUT2D eigenvalue weighted by atomic mass is 10.5. The van der Waals surface area contributed by atoms with E-state index in [1.54, 1.807) is 0 Å². The summed E-state index contributed by atoms with van der Waals surface area (Å²) in [6, 6.07) is 0.552. The van der Waals surface area contributed by atoms with E-state index in [1.807, 2.05) is 0 Å². The highest BCUT2D eigenvalue weighted by molar-refractivity contribution is 5.78. The summed E-state index contributed by atoms with van der Waals surface area (Å²) < 4.78 is 0. The van der Waals surface area contributed by atoms with E-state index < -0.39 is 0 Å². The minimum Gasteiger partial charge on any atom is -0.355 e. The van der Waals surface area contributed by atoms with Crippen molar-refractivity contribution in [2.24, 2.45) is 0 Å². The number of carbonyl (C=O) groups excluding carboxylic acids is 2. The van der Waals surface area contributed by atoms with E-state index in [-0.39, 0.29) is 11.8 Å². The Labute approximate surface area is 83.6 Å². The first-order chi connectivity index (χ1) is 6.68. The van der Waals surface area contributed by atoms with Gasteiger partial charge in [0.25, 0.3) is 0 Å². The number of hydrogen-bond acceptors (Lipinski definition) is 3. The largest absolute Gasteiger partial charge is 0.355 e. The molecular weight excluding hydrogens is 182 g/mol. The molecule has 0 aliphatic heterocycles. The highest BCUT2D eigenvalue weighted by Crippen LogP contribution is 2.17.